The van der Waals surface area contributed by atoms with Gasteiger partial charge in [0, 0.05) is 41.6 Å². The monoisotopic (exact) mass is 400 g/mol. The fourth-order valence-corrected chi connectivity index (χ4v) is 5.40. The first-order valence-corrected chi connectivity index (χ1v) is 10.9. The van der Waals surface area contributed by atoms with Gasteiger partial charge >= 0.3 is 0 Å². The van der Waals surface area contributed by atoms with Crippen LogP contribution in [0.5, 0.6) is 0 Å². The maximum Gasteiger partial charge on any atom is 0.251 e. The molecule has 1 aromatic heterocycles. The Balaban J connectivity index is 1.19. The Bertz CT molecular complexity index is 1060. The summed E-state index contributed by atoms with van der Waals surface area (Å²) in [5, 5.41) is 12.5. The van der Waals surface area contributed by atoms with E-state index in [2.05, 4.69) is 21.4 Å². The lowest BCUT2D eigenvalue weighted by atomic mass is 9.95. The molecule has 4 heterocycles. The van der Waals surface area contributed by atoms with E-state index >= 15 is 0 Å². The maximum atomic E-state index is 12.9. The van der Waals surface area contributed by atoms with Crippen molar-refractivity contribution < 1.29 is 4.79 Å². The average molecular weight is 400 g/mol. The van der Waals surface area contributed by atoms with Crippen molar-refractivity contribution in [1.29, 1.82) is 5.26 Å². The van der Waals surface area contributed by atoms with Gasteiger partial charge in [0.1, 0.15) is 0 Å². The van der Waals surface area contributed by atoms with Gasteiger partial charge in [-0.1, -0.05) is 0 Å². The number of carbonyl (C=O) groups is 1. The molecule has 1 aromatic carbocycles. The van der Waals surface area contributed by atoms with Crippen molar-refractivity contribution in [3.05, 3.63) is 47.3 Å². The summed E-state index contributed by atoms with van der Waals surface area (Å²) in [5.41, 5.74) is 4.08. The van der Waals surface area contributed by atoms with E-state index in [0.717, 1.165) is 55.1 Å². The lowest BCUT2D eigenvalue weighted by Gasteiger charge is -2.22. The number of aromatic nitrogens is 2. The number of benzene rings is 1. The molecule has 7 nitrogen and oxygen atoms in total. The number of carbonyl (C=O) groups excluding carboxylic acids is 1. The Morgan fingerprint density at radius 2 is 2.10 bits per heavy atom. The van der Waals surface area contributed by atoms with Crippen LogP contribution in [0.25, 0.3) is 0 Å². The quantitative estimate of drug-likeness (QED) is 0.795. The molecule has 2 aromatic rings. The molecule has 7 heteroatoms. The molecule has 152 valence electrons. The van der Waals surface area contributed by atoms with E-state index in [-0.39, 0.29) is 18.0 Å². The first-order chi connectivity index (χ1) is 14.7. The lowest BCUT2D eigenvalue weighted by molar-refractivity contribution is 0.0928. The Morgan fingerprint density at radius 3 is 2.90 bits per heavy atom. The van der Waals surface area contributed by atoms with Crippen LogP contribution in [-0.4, -0.2) is 45.4 Å². The van der Waals surface area contributed by atoms with E-state index < -0.39 is 0 Å². The third-order valence-corrected chi connectivity index (χ3v) is 7.11. The Labute approximate surface area is 175 Å². The van der Waals surface area contributed by atoms with E-state index in [9.17, 15) is 10.1 Å². The molecular formula is C23H24N6O. The van der Waals surface area contributed by atoms with E-state index in [1.54, 1.807) is 0 Å². The third-order valence-electron chi connectivity index (χ3n) is 7.11. The fourth-order valence-electron chi connectivity index (χ4n) is 5.40. The van der Waals surface area contributed by atoms with Crippen LogP contribution in [0.15, 0.2) is 30.5 Å². The number of amides is 1. The Kier molecular flexibility index (Phi) is 3.95. The SMILES string of the molecule is N#CN1[C@@H]2CC[C@H]1[C@@H](NC(=O)c1ccc3c(c1)CCN3c1nccc(C3CC3)n1)C2. The van der Waals surface area contributed by atoms with Gasteiger partial charge in [-0.2, -0.15) is 5.26 Å². The highest BCUT2D eigenvalue weighted by atomic mass is 16.1. The number of rotatable bonds is 4. The summed E-state index contributed by atoms with van der Waals surface area (Å²) in [7, 11) is 0. The van der Waals surface area contributed by atoms with Gasteiger partial charge in [0.05, 0.1) is 12.1 Å². The van der Waals surface area contributed by atoms with Crippen molar-refractivity contribution in [3.8, 4) is 6.19 Å². The molecule has 0 spiro atoms. The minimum absolute atomic E-state index is 0.0429. The average Bonchev–Trinajstić information content (AvgIpc) is 3.31. The van der Waals surface area contributed by atoms with Gasteiger partial charge in [0.2, 0.25) is 5.95 Å². The Hall–Kier alpha value is -3.14. The van der Waals surface area contributed by atoms with Crippen LogP contribution in [0.3, 0.4) is 0 Å². The predicted octanol–water partition coefficient (Wildman–Crippen LogP) is 2.86. The summed E-state index contributed by atoms with van der Waals surface area (Å²) >= 11 is 0. The number of nitrogens with zero attached hydrogens (tertiary/aromatic N) is 5. The minimum atomic E-state index is -0.0429. The highest BCUT2D eigenvalue weighted by molar-refractivity contribution is 5.95. The molecule has 30 heavy (non-hydrogen) atoms. The molecule has 3 aliphatic heterocycles. The van der Waals surface area contributed by atoms with Gasteiger partial charge < -0.3 is 15.1 Å². The number of anilines is 2. The second kappa shape index (κ2) is 6.69. The number of hydrogen-bond acceptors (Lipinski definition) is 6. The van der Waals surface area contributed by atoms with E-state index in [0.29, 0.717) is 17.5 Å². The van der Waals surface area contributed by atoms with Gasteiger partial charge in [-0.3, -0.25) is 4.79 Å². The number of hydrogen-bond donors (Lipinski definition) is 1. The van der Waals surface area contributed by atoms with Crippen molar-refractivity contribution in [2.45, 2.75) is 62.6 Å². The van der Waals surface area contributed by atoms with Gasteiger partial charge in [-0.25, -0.2) is 9.97 Å². The standard InChI is InChI=1S/C23H24N6O/c24-13-29-17-4-6-21(29)19(12-17)26-22(30)16-3-5-20-15(11-16)8-10-28(20)23-25-9-7-18(27-23)14-1-2-14/h3,5,7,9,11,14,17,19,21H,1-2,4,6,8,10,12H2,(H,26,30)/t17-,19+,21+/m1/s1. The molecule has 1 amide bonds. The van der Waals surface area contributed by atoms with Crippen molar-refractivity contribution in [3.63, 3.8) is 0 Å². The lowest BCUT2D eigenvalue weighted by Crippen LogP contribution is -2.43. The highest BCUT2D eigenvalue weighted by Gasteiger charge is 2.46. The van der Waals surface area contributed by atoms with Crippen LogP contribution in [0.1, 0.15) is 59.6 Å². The van der Waals surface area contributed by atoms with Gasteiger partial charge in [0.15, 0.2) is 6.19 Å². The van der Waals surface area contributed by atoms with Crippen molar-refractivity contribution in [1.82, 2.24) is 20.2 Å². The van der Waals surface area contributed by atoms with Gasteiger partial charge in [-0.15, -0.1) is 0 Å². The first kappa shape index (κ1) is 17.7. The summed E-state index contributed by atoms with van der Waals surface area (Å²) in [6.45, 7) is 0.831. The second-order valence-corrected chi connectivity index (χ2v) is 8.92. The highest BCUT2D eigenvalue weighted by Crippen LogP contribution is 2.40. The van der Waals surface area contributed by atoms with Gasteiger partial charge in [-0.05, 0) is 68.4 Å². The van der Waals surface area contributed by atoms with Gasteiger partial charge in [0.25, 0.3) is 5.91 Å². The van der Waals surface area contributed by atoms with Crippen LogP contribution in [0.4, 0.5) is 11.6 Å². The molecule has 1 saturated carbocycles. The molecule has 2 saturated heterocycles. The number of nitrogens with one attached hydrogen (secondary N) is 1. The summed E-state index contributed by atoms with van der Waals surface area (Å²) in [5.74, 6) is 1.32. The van der Waals surface area contributed by atoms with Crippen LogP contribution in [0, 0.1) is 11.5 Å². The molecule has 3 fully saturated rings. The van der Waals surface area contributed by atoms with Crippen LogP contribution in [-0.2, 0) is 6.42 Å². The fraction of sp³-hybridized carbons (Fsp3) is 0.478. The Morgan fingerprint density at radius 1 is 1.20 bits per heavy atom. The summed E-state index contributed by atoms with van der Waals surface area (Å²) in [6, 6.07) is 8.47. The summed E-state index contributed by atoms with van der Waals surface area (Å²) in [6.07, 6.45) is 10.4. The van der Waals surface area contributed by atoms with Crippen LogP contribution < -0.4 is 10.2 Å². The molecule has 4 aliphatic rings. The largest absolute Gasteiger partial charge is 0.347 e. The molecular weight excluding hydrogens is 376 g/mol. The predicted molar refractivity (Wildman–Crippen MR) is 111 cm³/mol. The van der Waals surface area contributed by atoms with E-state index in [4.69, 9.17) is 4.98 Å². The maximum absolute atomic E-state index is 12.9. The molecule has 6 rings (SSSR count). The molecule has 3 atom stereocenters. The molecule has 2 bridgehead atoms. The molecule has 1 N–H and O–H groups in total. The summed E-state index contributed by atoms with van der Waals surface area (Å²) < 4.78 is 0. The first-order valence-electron chi connectivity index (χ1n) is 10.9. The number of nitriles is 1. The van der Waals surface area contributed by atoms with Crippen molar-refractivity contribution in [2.24, 2.45) is 0 Å². The van der Waals surface area contributed by atoms with E-state index in [1.807, 2.05) is 35.4 Å². The van der Waals surface area contributed by atoms with Crippen LogP contribution >= 0.6 is 0 Å². The second-order valence-electron chi connectivity index (χ2n) is 8.92. The number of fused-ring (bicyclic) bond motifs is 3. The zero-order valence-corrected chi connectivity index (χ0v) is 16.8. The zero-order chi connectivity index (χ0) is 20.2. The van der Waals surface area contributed by atoms with Crippen molar-refractivity contribution in [2.75, 3.05) is 11.4 Å². The topological polar surface area (TPSA) is 85.2 Å². The van der Waals surface area contributed by atoms with Crippen molar-refractivity contribution >= 4 is 17.5 Å². The zero-order valence-electron chi connectivity index (χ0n) is 16.8. The normalized spacial score (nSPS) is 26.6. The molecule has 0 unspecified atom stereocenters. The minimum Gasteiger partial charge on any atom is -0.347 e. The molecule has 1 aliphatic carbocycles. The molecule has 0 radical (unpaired) electrons. The van der Waals surface area contributed by atoms with E-state index in [1.165, 1.54) is 12.8 Å². The van der Waals surface area contributed by atoms with Crippen LogP contribution in [0.2, 0.25) is 0 Å². The smallest absolute Gasteiger partial charge is 0.251 e. The summed E-state index contributed by atoms with van der Waals surface area (Å²) in [4.78, 5) is 26.2. The third kappa shape index (κ3) is 2.82.